The molecule has 0 saturated carbocycles. The number of esters is 1. The van der Waals surface area contributed by atoms with E-state index in [2.05, 4.69) is 15.3 Å². The van der Waals surface area contributed by atoms with Crippen molar-refractivity contribution in [3.63, 3.8) is 0 Å². The van der Waals surface area contributed by atoms with E-state index < -0.39 is 11.8 Å². The third-order valence-electron chi connectivity index (χ3n) is 4.61. The molecule has 1 heterocycles. The summed E-state index contributed by atoms with van der Waals surface area (Å²) in [6.45, 7) is 0. The number of benzene rings is 3. The number of hydrogen-bond acceptors (Lipinski definition) is 7. The first-order valence-electron chi connectivity index (χ1n) is 9.88. The highest BCUT2D eigenvalue weighted by Gasteiger charge is 2.19. The van der Waals surface area contributed by atoms with Gasteiger partial charge in [0.25, 0.3) is 0 Å². The van der Waals surface area contributed by atoms with Crippen LogP contribution >= 0.6 is 11.6 Å². The average Bonchev–Trinajstić information content (AvgIpc) is 2.86. The Kier molecular flexibility index (Phi) is 6.61. The zero-order chi connectivity index (χ0) is 23.2. The average molecular weight is 460 g/mol. The number of rotatable bonds is 7. The lowest BCUT2D eigenvalue weighted by Crippen LogP contribution is -2.10. The first-order valence-corrected chi connectivity index (χ1v) is 10.3. The number of halogens is 1. The maximum Gasteiger partial charge on any atom is 0.341 e. The largest absolute Gasteiger partial charge is 0.465 e. The molecule has 0 bridgehead atoms. The minimum atomic E-state index is -0.626. The van der Waals surface area contributed by atoms with Crippen LogP contribution in [-0.2, 0) is 4.74 Å². The molecule has 0 spiro atoms. The summed E-state index contributed by atoms with van der Waals surface area (Å²) in [5.74, 6) is -0.255. The van der Waals surface area contributed by atoms with Crippen LogP contribution in [-0.4, -0.2) is 28.8 Å². The first kappa shape index (κ1) is 22.0. The number of aromatic nitrogens is 2. The summed E-state index contributed by atoms with van der Waals surface area (Å²) < 4.78 is 10.6. The molecule has 0 atom stereocenters. The van der Waals surface area contributed by atoms with Crippen LogP contribution in [0.3, 0.4) is 0 Å². The van der Waals surface area contributed by atoms with Gasteiger partial charge in [-0.3, -0.25) is 4.79 Å². The van der Waals surface area contributed by atoms with E-state index in [9.17, 15) is 9.59 Å². The van der Waals surface area contributed by atoms with E-state index in [4.69, 9.17) is 21.1 Å². The minimum absolute atomic E-state index is 0.0100. The van der Waals surface area contributed by atoms with Crippen molar-refractivity contribution < 1.29 is 19.1 Å². The third kappa shape index (κ3) is 5.34. The lowest BCUT2D eigenvalue weighted by Gasteiger charge is -2.11. The fraction of sp³-hybridized carbons (Fsp3) is 0.0400. The lowest BCUT2D eigenvalue weighted by atomic mass is 10.1. The molecule has 4 rings (SSSR count). The second kappa shape index (κ2) is 9.93. The van der Waals surface area contributed by atoms with Crippen LogP contribution in [0, 0.1) is 0 Å². The van der Waals surface area contributed by atoms with Gasteiger partial charge in [0, 0.05) is 16.3 Å². The quantitative estimate of drug-likeness (QED) is 0.280. The molecule has 1 aromatic heterocycles. The maximum atomic E-state index is 12.9. The van der Waals surface area contributed by atoms with Gasteiger partial charge in [0.2, 0.25) is 11.6 Å². The number of nitrogens with zero attached hydrogens (tertiary/aromatic N) is 2. The minimum Gasteiger partial charge on any atom is -0.465 e. The monoisotopic (exact) mass is 459 g/mol. The number of carbonyl (C=O) groups excluding carboxylic acids is 2. The topological polar surface area (TPSA) is 90.4 Å². The molecule has 1 N–H and O–H groups in total. The molecule has 0 aliphatic heterocycles. The predicted molar refractivity (Wildman–Crippen MR) is 124 cm³/mol. The Morgan fingerprint density at radius 1 is 0.879 bits per heavy atom. The van der Waals surface area contributed by atoms with Crippen molar-refractivity contribution in [2.45, 2.75) is 0 Å². The summed E-state index contributed by atoms with van der Waals surface area (Å²) >= 11 is 5.89. The highest BCUT2D eigenvalue weighted by molar-refractivity contribution is 6.30. The van der Waals surface area contributed by atoms with Crippen molar-refractivity contribution in [2.75, 3.05) is 12.4 Å². The standard InChI is InChI=1S/C25H18ClN3O4/c1-32-25(31)21-13-16(7-12-22(21)33-20-5-3-2-4-6-20)23(30)24-27-14-19(15-28-24)29-18-10-8-17(26)9-11-18/h2-15,29H,1H3. The van der Waals surface area contributed by atoms with Gasteiger partial charge < -0.3 is 14.8 Å². The highest BCUT2D eigenvalue weighted by atomic mass is 35.5. The van der Waals surface area contributed by atoms with Gasteiger partial charge in [-0.25, -0.2) is 14.8 Å². The summed E-state index contributed by atoms with van der Waals surface area (Å²) in [5.41, 5.74) is 1.76. The Morgan fingerprint density at radius 3 is 2.24 bits per heavy atom. The molecule has 33 heavy (non-hydrogen) atoms. The fourth-order valence-electron chi connectivity index (χ4n) is 2.98. The van der Waals surface area contributed by atoms with Crippen molar-refractivity contribution in [3.05, 3.63) is 107 Å². The zero-order valence-corrected chi connectivity index (χ0v) is 18.2. The lowest BCUT2D eigenvalue weighted by molar-refractivity contribution is 0.0598. The van der Waals surface area contributed by atoms with E-state index in [1.54, 1.807) is 36.4 Å². The Balaban J connectivity index is 1.55. The molecule has 0 amide bonds. The van der Waals surface area contributed by atoms with E-state index in [0.29, 0.717) is 16.5 Å². The maximum absolute atomic E-state index is 12.9. The summed E-state index contributed by atoms with van der Waals surface area (Å²) in [5, 5.41) is 3.76. The number of nitrogens with one attached hydrogen (secondary N) is 1. The molecule has 4 aromatic rings. The van der Waals surface area contributed by atoms with Gasteiger partial charge >= 0.3 is 5.97 Å². The Bertz CT molecular complexity index is 1280. The number of ether oxygens (including phenoxy) is 2. The Labute approximate surface area is 195 Å². The third-order valence-corrected chi connectivity index (χ3v) is 4.86. The van der Waals surface area contributed by atoms with Crippen LogP contribution in [0.15, 0.2) is 85.2 Å². The van der Waals surface area contributed by atoms with Gasteiger partial charge in [-0.05, 0) is 54.6 Å². The highest BCUT2D eigenvalue weighted by Crippen LogP contribution is 2.27. The molecule has 8 heteroatoms. The molecular weight excluding hydrogens is 442 g/mol. The summed E-state index contributed by atoms with van der Waals surface area (Å²) in [6.07, 6.45) is 3.01. The second-order valence-corrected chi connectivity index (χ2v) is 7.31. The van der Waals surface area contributed by atoms with Crippen LogP contribution in [0.5, 0.6) is 11.5 Å². The molecule has 3 aromatic carbocycles. The SMILES string of the molecule is COC(=O)c1cc(C(=O)c2ncc(Nc3ccc(Cl)cc3)cn2)ccc1Oc1ccccc1. The van der Waals surface area contributed by atoms with Crippen LogP contribution < -0.4 is 10.1 Å². The summed E-state index contributed by atoms with van der Waals surface area (Å²) in [7, 11) is 1.26. The smallest absolute Gasteiger partial charge is 0.341 e. The van der Waals surface area contributed by atoms with E-state index in [1.165, 1.54) is 25.6 Å². The van der Waals surface area contributed by atoms with Gasteiger partial charge in [0.15, 0.2) is 0 Å². The van der Waals surface area contributed by atoms with Gasteiger partial charge in [-0.2, -0.15) is 0 Å². The molecule has 0 unspecified atom stereocenters. The van der Waals surface area contributed by atoms with Crippen LogP contribution in [0.1, 0.15) is 26.5 Å². The predicted octanol–water partition coefficient (Wildman–Crippen LogP) is 5.68. The molecule has 0 aliphatic carbocycles. The summed E-state index contributed by atoms with van der Waals surface area (Å²) in [4.78, 5) is 33.6. The van der Waals surface area contributed by atoms with E-state index in [1.807, 2.05) is 30.3 Å². The first-order chi connectivity index (χ1) is 16.0. The Morgan fingerprint density at radius 2 is 1.58 bits per heavy atom. The van der Waals surface area contributed by atoms with Crippen LogP contribution in [0.4, 0.5) is 11.4 Å². The van der Waals surface area contributed by atoms with Gasteiger partial charge in [-0.15, -0.1) is 0 Å². The molecule has 7 nitrogen and oxygen atoms in total. The molecule has 0 radical (unpaired) electrons. The number of para-hydroxylation sites is 1. The van der Waals surface area contributed by atoms with Crippen LogP contribution in [0.25, 0.3) is 0 Å². The Hall–Kier alpha value is -4.23. The normalized spacial score (nSPS) is 10.4. The number of anilines is 2. The number of methoxy groups -OCH3 is 1. The summed E-state index contributed by atoms with van der Waals surface area (Å²) in [6, 6.07) is 20.6. The second-order valence-electron chi connectivity index (χ2n) is 6.87. The molecule has 0 fully saturated rings. The van der Waals surface area contributed by atoms with Crippen molar-refractivity contribution in [1.82, 2.24) is 9.97 Å². The number of carbonyl (C=O) groups is 2. The molecule has 164 valence electrons. The van der Waals surface area contributed by atoms with Crippen molar-refractivity contribution in [3.8, 4) is 11.5 Å². The van der Waals surface area contributed by atoms with E-state index >= 15 is 0 Å². The van der Waals surface area contributed by atoms with E-state index in [-0.39, 0.29) is 22.7 Å². The van der Waals surface area contributed by atoms with Gasteiger partial charge in [-0.1, -0.05) is 29.8 Å². The van der Waals surface area contributed by atoms with Crippen molar-refractivity contribution >= 4 is 34.7 Å². The molecule has 0 saturated heterocycles. The van der Waals surface area contributed by atoms with Gasteiger partial charge in [0.1, 0.15) is 17.1 Å². The molecular formula is C25H18ClN3O4. The van der Waals surface area contributed by atoms with Crippen molar-refractivity contribution in [2.24, 2.45) is 0 Å². The number of ketones is 1. The zero-order valence-electron chi connectivity index (χ0n) is 17.5. The van der Waals surface area contributed by atoms with E-state index in [0.717, 1.165) is 5.69 Å². The number of hydrogen-bond donors (Lipinski definition) is 1. The van der Waals surface area contributed by atoms with Crippen LogP contribution in [0.2, 0.25) is 5.02 Å². The fourth-order valence-corrected chi connectivity index (χ4v) is 3.11. The van der Waals surface area contributed by atoms with Gasteiger partial charge in [0.05, 0.1) is 25.2 Å². The van der Waals surface area contributed by atoms with Crippen molar-refractivity contribution in [1.29, 1.82) is 0 Å². The molecule has 0 aliphatic rings.